The van der Waals surface area contributed by atoms with E-state index in [4.69, 9.17) is 5.73 Å². The Morgan fingerprint density at radius 1 is 1.29 bits per heavy atom. The van der Waals surface area contributed by atoms with Crippen LogP contribution in [0.25, 0.3) is 0 Å². The van der Waals surface area contributed by atoms with Crippen molar-refractivity contribution in [3.63, 3.8) is 0 Å². The third-order valence-corrected chi connectivity index (χ3v) is 3.25. The molecule has 2 rings (SSSR count). The Balaban J connectivity index is 2.28. The summed E-state index contributed by atoms with van der Waals surface area (Å²) in [6, 6.07) is 9.41. The first-order chi connectivity index (χ1) is 9.86. The van der Waals surface area contributed by atoms with E-state index < -0.39 is 10.8 Å². The molecular weight excluding hydrogens is 338 g/mol. The fourth-order valence-corrected chi connectivity index (χ4v) is 2.46. The number of rotatable bonds is 3. The van der Waals surface area contributed by atoms with Gasteiger partial charge in [0.2, 0.25) is 0 Å². The second-order valence-electron chi connectivity index (χ2n) is 4.50. The molecule has 0 aromatic heterocycles. The molecule has 0 spiro atoms. The fourth-order valence-electron chi connectivity index (χ4n) is 1.85. The van der Waals surface area contributed by atoms with Crippen LogP contribution in [0.1, 0.15) is 15.9 Å². The predicted octanol–water partition coefficient (Wildman–Crippen LogP) is 3.50. The van der Waals surface area contributed by atoms with Crippen LogP contribution in [0.3, 0.4) is 0 Å². The minimum atomic E-state index is -0.616. The van der Waals surface area contributed by atoms with Crippen molar-refractivity contribution in [2.24, 2.45) is 0 Å². The first-order valence-electron chi connectivity index (χ1n) is 5.99. The molecule has 2 aromatic carbocycles. The van der Waals surface area contributed by atoms with Crippen molar-refractivity contribution >= 4 is 38.9 Å². The number of hydrogen-bond acceptors (Lipinski definition) is 4. The molecule has 7 heteroatoms. The van der Waals surface area contributed by atoms with Crippen molar-refractivity contribution < 1.29 is 9.72 Å². The Morgan fingerprint density at radius 2 is 2.00 bits per heavy atom. The van der Waals surface area contributed by atoms with E-state index in [9.17, 15) is 14.9 Å². The van der Waals surface area contributed by atoms with E-state index in [1.165, 1.54) is 12.1 Å². The number of nitrogens with two attached hydrogens (primary N) is 1. The third kappa shape index (κ3) is 3.57. The number of aryl methyl sites for hydroxylation is 1. The van der Waals surface area contributed by atoms with Gasteiger partial charge in [0.25, 0.3) is 11.6 Å². The Labute approximate surface area is 129 Å². The van der Waals surface area contributed by atoms with Gasteiger partial charge in [0.1, 0.15) is 5.69 Å². The van der Waals surface area contributed by atoms with E-state index in [1.54, 1.807) is 12.1 Å². The lowest BCUT2D eigenvalue weighted by molar-refractivity contribution is -0.383. The number of nitrogen functional groups attached to an aromatic ring is 1. The van der Waals surface area contributed by atoms with Gasteiger partial charge in [0, 0.05) is 21.8 Å². The van der Waals surface area contributed by atoms with Crippen molar-refractivity contribution in [1.82, 2.24) is 0 Å². The molecule has 108 valence electrons. The van der Waals surface area contributed by atoms with Crippen LogP contribution in [-0.2, 0) is 0 Å². The van der Waals surface area contributed by atoms with Crippen LogP contribution in [0.2, 0.25) is 0 Å². The van der Waals surface area contributed by atoms with Gasteiger partial charge in [-0.3, -0.25) is 14.9 Å². The molecule has 0 saturated heterocycles. The fraction of sp³-hybridized carbons (Fsp3) is 0.0714. The molecule has 3 N–H and O–H groups in total. The maximum absolute atomic E-state index is 12.1. The van der Waals surface area contributed by atoms with Gasteiger partial charge in [-0.2, -0.15) is 0 Å². The number of carbonyl (C=O) groups excluding carboxylic acids is 1. The van der Waals surface area contributed by atoms with Crippen LogP contribution in [-0.4, -0.2) is 10.8 Å². The van der Waals surface area contributed by atoms with Crippen LogP contribution in [0, 0.1) is 17.0 Å². The van der Waals surface area contributed by atoms with E-state index in [0.29, 0.717) is 5.69 Å². The van der Waals surface area contributed by atoms with Crippen molar-refractivity contribution in [3.8, 4) is 0 Å². The summed E-state index contributed by atoms with van der Waals surface area (Å²) in [5, 5.41) is 13.5. The van der Waals surface area contributed by atoms with E-state index in [-0.39, 0.29) is 16.9 Å². The molecule has 0 fully saturated rings. The summed E-state index contributed by atoms with van der Waals surface area (Å²) in [5.41, 5.74) is 6.99. The molecule has 6 nitrogen and oxygen atoms in total. The number of nitrogens with one attached hydrogen (secondary N) is 1. The molecule has 0 aliphatic carbocycles. The number of anilines is 2. The highest BCUT2D eigenvalue weighted by Crippen LogP contribution is 2.24. The highest BCUT2D eigenvalue weighted by atomic mass is 79.9. The molecule has 21 heavy (non-hydrogen) atoms. The minimum Gasteiger partial charge on any atom is -0.393 e. The van der Waals surface area contributed by atoms with E-state index in [1.807, 2.05) is 13.0 Å². The van der Waals surface area contributed by atoms with Crippen molar-refractivity contribution in [2.75, 3.05) is 11.1 Å². The molecule has 0 saturated carbocycles. The van der Waals surface area contributed by atoms with E-state index in [0.717, 1.165) is 16.1 Å². The number of nitro benzene ring substituents is 1. The summed E-state index contributed by atoms with van der Waals surface area (Å²) >= 11 is 3.34. The van der Waals surface area contributed by atoms with Crippen LogP contribution in [0.4, 0.5) is 17.1 Å². The summed E-state index contributed by atoms with van der Waals surface area (Å²) in [7, 11) is 0. The summed E-state index contributed by atoms with van der Waals surface area (Å²) in [4.78, 5) is 22.3. The van der Waals surface area contributed by atoms with Gasteiger partial charge in [-0.05, 0) is 42.8 Å². The number of carbonyl (C=O) groups is 1. The molecule has 0 atom stereocenters. The average molecular weight is 350 g/mol. The van der Waals surface area contributed by atoms with Crippen LogP contribution < -0.4 is 11.1 Å². The molecule has 0 aliphatic heterocycles. The second kappa shape index (κ2) is 5.92. The Morgan fingerprint density at radius 3 is 2.62 bits per heavy atom. The number of nitrogens with zero attached hydrogens (tertiary/aromatic N) is 1. The number of benzene rings is 2. The molecule has 0 aliphatic rings. The number of hydrogen-bond donors (Lipinski definition) is 2. The van der Waals surface area contributed by atoms with Gasteiger partial charge < -0.3 is 11.1 Å². The molecule has 0 unspecified atom stereocenters. The van der Waals surface area contributed by atoms with Gasteiger partial charge in [0.05, 0.1) is 4.92 Å². The number of amides is 1. The quantitative estimate of drug-likeness (QED) is 0.503. The number of nitro groups is 1. The molecule has 0 bridgehead atoms. The predicted molar refractivity (Wildman–Crippen MR) is 84.3 cm³/mol. The SMILES string of the molecule is Cc1cc(Br)cc(NC(=O)c2ccc(N)c([N+](=O)[O-])c2)c1. The normalized spacial score (nSPS) is 10.2. The zero-order valence-electron chi connectivity index (χ0n) is 11.1. The second-order valence-corrected chi connectivity index (χ2v) is 5.42. The van der Waals surface area contributed by atoms with Crippen molar-refractivity contribution in [1.29, 1.82) is 0 Å². The highest BCUT2D eigenvalue weighted by molar-refractivity contribution is 9.10. The van der Waals surface area contributed by atoms with Gasteiger partial charge in [-0.1, -0.05) is 15.9 Å². The highest BCUT2D eigenvalue weighted by Gasteiger charge is 2.15. The van der Waals surface area contributed by atoms with Crippen LogP contribution in [0.15, 0.2) is 40.9 Å². The minimum absolute atomic E-state index is 0.0230. The largest absolute Gasteiger partial charge is 0.393 e. The van der Waals surface area contributed by atoms with Crippen LogP contribution in [0.5, 0.6) is 0 Å². The van der Waals surface area contributed by atoms with Crippen molar-refractivity contribution in [3.05, 3.63) is 62.1 Å². The molecular formula is C14H12BrN3O3. The third-order valence-electron chi connectivity index (χ3n) is 2.79. The van der Waals surface area contributed by atoms with Gasteiger partial charge in [-0.25, -0.2) is 0 Å². The first kappa shape index (κ1) is 15.0. The lowest BCUT2D eigenvalue weighted by atomic mass is 10.1. The Hall–Kier alpha value is -2.41. The summed E-state index contributed by atoms with van der Waals surface area (Å²) in [6.45, 7) is 1.90. The zero-order chi connectivity index (χ0) is 15.6. The van der Waals surface area contributed by atoms with Crippen LogP contribution >= 0.6 is 15.9 Å². The average Bonchev–Trinajstić information content (AvgIpc) is 2.37. The van der Waals surface area contributed by atoms with Gasteiger partial charge in [0.15, 0.2) is 0 Å². The molecule has 1 amide bonds. The zero-order valence-corrected chi connectivity index (χ0v) is 12.7. The first-order valence-corrected chi connectivity index (χ1v) is 6.78. The van der Waals surface area contributed by atoms with Gasteiger partial charge >= 0.3 is 0 Å². The lowest BCUT2D eigenvalue weighted by Crippen LogP contribution is -2.12. The standard InChI is InChI=1S/C14H12BrN3O3/c1-8-4-10(15)7-11(5-8)17-14(19)9-2-3-12(16)13(6-9)18(20)21/h2-7H,16H2,1H3,(H,17,19). The summed E-state index contributed by atoms with van der Waals surface area (Å²) < 4.78 is 0.834. The lowest BCUT2D eigenvalue weighted by Gasteiger charge is -2.07. The molecule has 2 aromatic rings. The maximum atomic E-state index is 12.1. The van der Waals surface area contributed by atoms with E-state index >= 15 is 0 Å². The number of halogens is 1. The topological polar surface area (TPSA) is 98.3 Å². The monoisotopic (exact) mass is 349 g/mol. The molecule has 0 heterocycles. The Kier molecular flexibility index (Phi) is 4.23. The van der Waals surface area contributed by atoms with Gasteiger partial charge in [-0.15, -0.1) is 0 Å². The smallest absolute Gasteiger partial charge is 0.292 e. The molecule has 0 radical (unpaired) electrons. The summed E-state index contributed by atoms with van der Waals surface area (Å²) in [6.07, 6.45) is 0. The summed E-state index contributed by atoms with van der Waals surface area (Å²) in [5.74, 6) is -0.435. The Bertz CT molecular complexity index is 711. The van der Waals surface area contributed by atoms with E-state index in [2.05, 4.69) is 21.2 Å². The van der Waals surface area contributed by atoms with Crippen molar-refractivity contribution in [2.45, 2.75) is 6.92 Å². The maximum Gasteiger partial charge on any atom is 0.292 e.